The van der Waals surface area contributed by atoms with Crippen LogP contribution in [-0.4, -0.2) is 13.1 Å². The number of nitrogens with zero attached hydrogens (tertiary/aromatic N) is 1. The van der Waals surface area contributed by atoms with Crippen LogP contribution in [0.3, 0.4) is 0 Å². The van der Waals surface area contributed by atoms with E-state index >= 15 is 0 Å². The van der Waals surface area contributed by atoms with E-state index in [-0.39, 0.29) is 5.82 Å². The molecule has 0 amide bonds. The smallest absolute Gasteiger partial charge is 0.132 e. The van der Waals surface area contributed by atoms with Gasteiger partial charge in [-0.1, -0.05) is 6.07 Å². The van der Waals surface area contributed by atoms with Crippen LogP contribution in [0.15, 0.2) is 23.8 Å². The van der Waals surface area contributed by atoms with Crippen LogP contribution in [0.4, 0.5) is 4.39 Å². The second kappa shape index (κ2) is 5.61. The van der Waals surface area contributed by atoms with E-state index in [1.54, 1.807) is 6.07 Å². The van der Waals surface area contributed by atoms with Crippen LogP contribution in [0.1, 0.15) is 18.4 Å². The molecule has 2 rings (SSSR count). The molecule has 0 saturated carbocycles. The van der Waals surface area contributed by atoms with Gasteiger partial charge in [0.15, 0.2) is 0 Å². The summed E-state index contributed by atoms with van der Waals surface area (Å²) >= 11 is 2.08. The lowest BCUT2D eigenvalue weighted by atomic mass is 9.94. The second-order valence-electron chi connectivity index (χ2n) is 3.94. The second-order valence-corrected chi connectivity index (χ2v) is 5.10. The summed E-state index contributed by atoms with van der Waals surface area (Å²) in [5.74, 6) is -0.306. The Bertz CT molecular complexity index is 474. The summed E-state index contributed by atoms with van der Waals surface area (Å²) in [5, 5.41) is 12.5. The zero-order valence-electron chi connectivity index (χ0n) is 9.26. The number of nitrogens with one attached hydrogen (secondary N) is 1. The number of nitriles is 1. The van der Waals surface area contributed by atoms with E-state index in [1.807, 2.05) is 6.07 Å². The van der Waals surface area contributed by atoms with Gasteiger partial charge in [0.05, 0.1) is 11.6 Å². The molecular weight excluding hydrogens is 330 g/mol. The summed E-state index contributed by atoms with van der Waals surface area (Å²) in [6, 6.07) is 7.09. The van der Waals surface area contributed by atoms with Gasteiger partial charge in [-0.3, -0.25) is 0 Å². The lowest BCUT2D eigenvalue weighted by Gasteiger charge is -2.18. The first kappa shape index (κ1) is 12.5. The van der Waals surface area contributed by atoms with Gasteiger partial charge in [0, 0.05) is 9.13 Å². The number of rotatable bonds is 1. The van der Waals surface area contributed by atoms with Crippen molar-refractivity contribution in [1.82, 2.24) is 5.32 Å². The van der Waals surface area contributed by atoms with Gasteiger partial charge in [-0.15, -0.1) is 0 Å². The van der Waals surface area contributed by atoms with Gasteiger partial charge in [0.25, 0.3) is 0 Å². The molecular formula is C13H12FIN2. The van der Waals surface area contributed by atoms with E-state index in [2.05, 4.69) is 34.0 Å². The van der Waals surface area contributed by atoms with E-state index in [4.69, 9.17) is 0 Å². The maximum atomic E-state index is 13.8. The Morgan fingerprint density at radius 3 is 2.65 bits per heavy atom. The topological polar surface area (TPSA) is 35.8 Å². The molecule has 1 aromatic carbocycles. The molecule has 2 nitrogen and oxygen atoms in total. The molecule has 88 valence electrons. The summed E-state index contributed by atoms with van der Waals surface area (Å²) in [5.41, 5.74) is 2.05. The van der Waals surface area contributed by atoms with Gasteiger partial charge in [0.2, 0.25) is 0 Å². The predicted molar refractivity (Wildman–Crippen MR) is 73.8 cm³/mol. The van der Waals surface area contributed by atoms with Gasteiger partial charge in [0.1, 0.15) is 5.82 Å². The fourth-order valence-corrected chi connectivity index (χ4v) is 2.76. The molecule has 1 heterocycles. The molecule has 0 spiro atoms. The normalized spacial score (nSPS) is 15.5. The standard InChI is InChI=1S/C13H12FIN2/c14-11-2-1-3-12(15)13(11)10(8-16)9-4-6-17-7-5-9/h1-3,17H,4-7H2. The largest absolute Gasteiger partial charge is 0.316 e. The van der Waals surface area contributed by atoms with E-state index < -0.39 is 0 Å². The number of hydrogen-bond acceptors (Lipinski definition) is 2. The van der Waals surface area contributed by atoms with Crippen LogP contribution in [0.25, 0.3) is 5.57 Å². The monoisotopic (exact) mass is 342 g/mol. The first-order chi connectivity index (χ1) is 8.24. The zero-order valence-corrected chi connectivity index (χ0v) is 11.4. The Morgan fingerprint density at radius 2 is 2.06 bits per heavy atom. The number of halogens is 2. The third-order valence-corrected chi connectivity index (χ3v) is 3.78. The number of hydrogen-bond donors (Lipinski definition) is 1. The van der Waals surface area contributed by atoms with E-state index in [9.17, 15) is 9.65 Å². The minimum Gasteiger partial charge on any atom is -0.316 e. The SMILES string of the molecule is N#CC(=C1CCNCC1)c1c(F)cccc1I. The average molecular weight is 342 g/mol. The lowest BCUT2D eigenvalue weighted by molar-refractivity contribution is 0.607. The molecule has 0 unspecified atom stereocenters. The summed E-state index contributed by atoms with van der Waals surface area (Å²) in [4.78, 5) is 0. The Morgan fingerprint density at radius 1 is 1.35 bits per heavy atom. The van der Waals surface area contributed by atoms with Crippen molar-refractivity contribution in [2.75, 3.05) is 13.1 Å². The minimum absolute atomic E-state index is 0.306. The van der Waals surface area contributed by atoms with Gasteiger partial charge in [-0.2, -0.15) is 5.26 Å². The van der Waals surface area contributed by atoms with Crippen LogP contribution in [0, 0.1) is 20.7 Å². The summed E-state index contributed by atoms with van der Waals surface area (Å²) in [6.07, 6.45) is 1.65. The van der Waals surface area contributed by atoms with Crippen molar-refractivity contribution in [2.45, 2.75) is 12.8 Å². The molecule has 1 saturated heterocycles. The van der Waals surface area contributed by atoms with E-state index in [0.717, 1.165) is 35.1 Å². The highest BCUT2D eigenvalue weighted by molar-refractivity contribution is 14.1. The van der Waals surface area contributed by atoms with Crippen molar-refractivity contribution in [2.24, 2.45) is 0 Å². The third-order valence-electron chi connectivity index (χ3n) is 2.89. The highest BCUT2D eigenvalue weighted by atomic mass is 127. The van der Waals surface area contributed by atoms with Gasteiger partial charge in [-0.05, 0) is 66.2 Å². The minimum atomic E-state index is -0.306. The maximum Gasteiger partial charge on any atom is 0.132 e. The Hall–Kier alpha value is -0.930. The number of allylic oxidation sites excluding steroid dienone is 1. The molecule has 1 aromatic rings. The third kappa shape index (κ3) is 2.67. The maximum absolute atomic E-state index is 13.8. The molecule has 1 aliphatic rings. The molecule has 0 aromatic heterocycles. The fraction of sp³-hybridized carbons (Fsp3) is 0.308. The van der Waals surface area contributed by atoms with Crippen LogP contribution in [0.2, 0.25) is 0 Å². The molecule has 17 heavy (non-hydrogen) atoms. The first-order valence-electron chi connectivity index (χ1n) is 5.51. The van der Waals surface area contributed by atoms with Crippen molar-refractivity contribution in [3.63, 3.8) is 0 Å². The van der Waals surface area contributed by atoms with Crippen molar-refractivity contribution in [3.8, 4) is 6.07 Å². The molecule has 0 radical (unpaired) electrons. The summed E-state index contributed by atoms with van der Waals surface area (Å²) < 4.78 is 14.6. The summed E-state index contributed by atoms with van der Waals surface area (Å²) in [6.45, 7) is 1.73. The van der Waals surface area contributed by atoms with Gasteiger partial charge >= 0.3 is 0 Å². The van der Waals surface area contributed by atoms with E-state index in [1.165, 1.54) is 6.07 Å². The lowest BCUT2D eigenvalue weighted by Crippen LogP contribution is -2.23. The van der Waals surface area contributed by atoms with Crippen molar-refractivity contribution in [1.29, 1.82) is 5.26 Å². The average Bonchev–Trinajstić information content (AvgIpc) is 2.35. The van der Waals surface area contributed by atoms with Crippen LogP contribution < -0.4 is 5.32 Å². The highest BCUT2D eigenvalue weighted by Gasteiger charge is 2.17. The Balaban J connectivity index is 2.53. The molecule has 1 fully saturated rings. The molecule has 0 bridgehead atoms. The quantitative estimate of drug-likeness (QED) is 0.629. The van der Waals surface area contributed by atoms with Crippen LogP contribution in [-0.2, 0) is 0 Å². The van der Waals surface area contributed by atoms with Crippen molar-refractivity contribution in [3.05, 3.63) is 38.7 Å². The molecule has 0 aliphatic carbocycles. The van der Waals surface area contributed by atoms with Crippen LogP contribution in [0.5, 0.6) is 0 Å². The Kier molecular flexibility index (Phi) is 4.13. The van der Waals surface area contributed by atoms with Gasteiger partial charge < -0.3 is 5.32 Å². The zero-order chi connectivity index (χ0) is 12.3. The highest BCUT2D eigenvalue weighted by Crippen LogP contribution is 2.29. The predicted octanol–water partition coefficient (Wildman–Crippen LogP) is 3.09. The van der Waals surface area contributed by atoms with Crippen molar-refractivity contribution < 1.29 is 4.39 Å². The summed E-state index contributed by atoms with van der Waals surface area (Å²) in [7, 11) is 0. The fourth-order valence-electron chi connectivity index (χ4n) is 2.03. The number of benzene rings is 1. The molecule has 4 heteroatoms. The Labute approximate surface area is 114 Å². The molecule has 0 atom stereocenters. The van der Waals surface area contributed by atoms with Crippen LogP contribution >= 0.6 is 22.6 Å². The first-order valence-corrected chi connectivity index (χ1v) is 6.59. The molecule has 1 aliphatic heterocycles. The van der Waals surface area contributed by atoms with Gasteiger partial charge in [-0.25, -0.2) is 4.39 Å². The van der Waals surface area contributed by atoms with Crippen molar-refractivity contribution >= 4 is 28.2 Å². The molecule has 1 N–H and O–H groups in total. The van der Waals surface area contributed by atoms with E-state index in [0.29, 0.717) is 11.1 Å². The number of piperidine rings is 1.